The zero-order valence-electron chi connectivity index (χ0n) is 10.2. The lowest BCUT2D eigenvalue weighted by Crippen LogP contribution is -2.41. The first kappa shape index (κ1) is 14.2. The zero-order chi connectivity index (χ0) is 13.9. The molecule has 2 heterocycles. The number of hydrogen-bond donors (Lipinski definition) is 1. The predicted octanol–water partition coefficient (Wildman–Crippen LogP) is 0.827. The predicted molar refractivity (Wildman–Crippen MR) is 61.2 cm³/mol. The van der Waals surface area contributed by atoms with Gasteiger partial charge in [-0.2, -0.15) is 13.2 Å². The summed E-state index contributed by atoms with van der Waals surface area (Å²) in [5.41, 5.74) is 6.29. The van der Waals surface area contributed by atoms with Gasteiger partial charge in [0.1, 0.15) is 0 Å². The highest BCUT2D eigenvalue weighted by Crippen LogP contribution is 2.27. The van der Waals surface area contributed by atoms with Gasteiger partial charge in [0.2, 0.25) is 5.82 Å². The van der Waals surface area contributed by atoms with Crippen LogP contribution >= 0.6 is 0 Å². The fraction of sp³-hybridized carbons (Fsp3) is 0.636. The summed E-state index contributed by atoms with van der Waals surface area (Å²) in [5.74, 6) is -1.13. The van der Waals surface area contributed by atoms with Gasteiger partial charge in [-0.15, -0.1) is 0 Å². The normalized spacial score (nSPS) is 19.4. The number of nitrogens with two attached hydrogens (primary N) is 1. The minimum absolute atomic E-state index is 0.175. The van der Waals surface area contributed by atoms with Crippen molar-refractivity contribution in [1.29, 1.82) is 0 Å². The molecule has 1 aromatic rings. The molecule has 19 heavy (non-hydrogen) atoms. The lowest BCUT2D eigenvalue weighted by molar-refractivity contribution is -0.145. The van der Waals surface area contributed by atoms with Crippen LogP contribution in [-0.4, -0.2) is 47.7 Å². The molecule has 1 aromatic heterocycles. The maximum atomic E-state index is 12.4. The van der Waals surface area contributed by atoms with Crippen molar-refractivity contribution in [2.24, 2.45) is 5.73 Å². The number of ether oxygens (including phenoxy) is 1. The average Bonchev–Trinajstić information content (AvgIpc) is 2.40. The summed E-state index contributed by atoms with van der Waals surface area (Å²) in [6.07, 6.45) is -2.12. The molecule has 1 atom stereocenters. The van der Waals surface area contributed by atoms with E-state index >= 15 is 0 Å². The first-order valence-electron chi connectivity index (χ1n) is 5.93. The van der Waals surface area contributed by atoms with Crippen molar-refractivity contribution >= 4 is 0 Å². The van der Waals surface area contributed by atoms with Crippen molar-refractivity contribution in [3.63, 3.8) is 0 Å². The molecular weight excluding hydrogens is 261 g/mol. The Morgan fingerprint density at radius 3 is 2.32 bits per heavy atom. The topological polar surface area (TPSA) is 64.3 Å². The molecule has 2 N–H and O–H groups in total. The lowest BCUT2D eigenvalue weighted by atomic mass is 10.1. The van der Waals surface area contributed by atoms with Crippen LogP contribution in [0.1, 0.15) is 17.4 Å². The van der Waals surface area contributed by atoms with Crippen molar-refractivity contribution in [3.8, 4) is 0 Å². The number of alkyl halides is 3. The molecule has 5 nitrogen and oxygen atoms in total. The van der Waals surface area contributed by atoms with Gasteiger partial charge in [0.05, 0.1) is 19.3 Å². The second kappa shape index (κ2) is 5.81. The molecule has 8 heteroatoms. The molecule has 1 aliphatic heterocycles. The van der Waals surface area contributed by atoms with Crippen LogP contribution in [0.25, 0.3) is 0 Å². The molecule has 2 rings (SSSR count). The molecule has 1 aliphatic rings. The van der Waals surface area contributed by atoms with E-state index < -0.39 is 12.0 Å². The summed E-state index contributed by atoms with van der Waals surface area (Å²) >= 11 is 0. The standard InChI is InChI=1S/C11H15F3N4O/c12-11(13,14)10-16-6-8(7-17-10)9(5-15)18-1-3-19-4-2-18/h6-7,9H,1-5,15H2/t9-/m0/s1. The van der Waals surface area contributed by atoms with Crippen molar-refractivity contribution in [2.45, 2.75) is 12.2 Å². The van der Waals surface area contributed by atoms with E-state index in [4.69, 9.17) is 10.5 Å². The smallest absolute Gasteiger partial charge is 0.379 e. The molecule has 1 fully saturated rings. The van der Waals surface area contributed by atoms with Crippen LogP contribution in [0.2, 0.25) is 0 Å². The third kappa shape index (κ3) is 3.40. The van der Waals surface area contributed by atoms with Crippen LogP contribution < -0.4 is 5.73 Å². The monoisotopic (exact) mass is 276 g/mol. The summed E-state index contributed by atoms with van der Waals surface area (Å²) in [4.78, 5) is 8.79. The first-order chi connectivity index (χ1) is 9.02. The lowest BCUT2D eigenvalue weighted by Gasteiger charge is -2.33. The zero-order valence-corrected chi connectivity index (χ0v) is 10.2. The van der Waals surface area contributed by atoms with Gasteiger partial charge in [0.25, 0.3) is 0 Å². The summed E-state index contributed by atoms with van der Waals surface area (Å²) < 4.78 is 42.4. The van der Waals surface area contributed by atoms with Gasteiger partial charge in [0.15, 0.2) is 0 Å². The number of nitrogens with zero attached hydrogens (tertiary/aromatic N) is 3. The van der Waals surface area contributed by atoms with E-state index in [1.165, 1.54) is 12.4 Å². The average molecular weight is 276 g/mol. The molecule has 0 saturated carbocycles. The molecule has 0 spiro atoms. The molecule has 0 aliphatic carbocycles. The molecular formula is C11H15F3N4O. The van der Waals surface area contributed by atoms with E-state index in [1.54, 1.807) is 0 Å². The van der Waals surface area contributed by atoms with Crippen LogP contribution in [0.3, 0.4) is 0 Å². The van der Waals surface area contributed by atoms with Gasteiger partial charge in [-0.3, -0.25) is 4.90 Å². The number of morpholine rings is 1. The number of hydrogen-bond acceptors (Lipinski definition) is 5. The molecule has 0 bridgehead atoms. The summed E-state index contributed by atoms with van der Waals surface area (Å²) in [5, 5.41) is 0. The van der Waals surface area contributed by atoms with E-state index in [1.807, 2.05) is 0 Å². The fourth-order valence-corrected chi connectivity index (χ4v) is 2.04. The minimum Gasteiger partial charge on any atom is -0.379 e. The van der Waals surface area contributed by atoms with Gasteiger partial charge < -0.3 is 10.5 Å². The summed E-state index contributed by atoms with van der Waals surface area (Å²) in [6, 6.07) is -0.175. The molecule has 0 aromatic carbocycles. The number of aromatic nitrogens is 2. The highest BCUT2D eigenvalue weighted by atomic mass is 19.4. The van der Waals surface area contributed by atoms with Crippen LogP contribution in [0.15, 0.2) is 12.4 Å². The summed E-state index contributed by atoms with van der Waals surface area (Å²) in [7, 11) is 0. The Labute approximate surface area is 108 Å². The van der Waals surface area contributed by atoms with E-state index in [0.29, 0.717) is 38.4 Å². The van der Waals surface area contributed by atoms with Crippen molar-refractivity contribution in [3.05, 3.63) is 23.8 Å². The number of halogens is 3. The largest absolute Gasteiger partial charge is 0.451 e. The Morgan fingerprint density at radius 2 is 1.84 bits per heavy atom. The van der Waals surface area contributed by atoms with Crippen LogP contribution in [0, 0.1) is 0 Å². The Kier molecular flexibility index (Phi) is 4.33. The molecule has 0 amide bonds. The molecule has 106 valence electrons. The molecule has 1 saturated heterocycles. The molecule has 0 unspecified atom stereocenters. The summed E-state index contributed by atoms with van der Waals surface area (Å²) in [6.45, 7) is 2.89. The van der Waals surface area contributed by atoms with Crippen LogP contribution in [0.5, 0.6) is 0 Å². The minimum atomic E-state index is -4.52. The fourth-order valence-electron chi connectivity index (χ4n) is 2.04. The Morgan fingerprint density at radius 1 is 1.26 bits per heavy atom. The van der Waals surface area contributed by atoms with Crippen molar-refractivity contribution < 1.29 is 17.9 Å². The second-order valence-corrected chi connectivity index (χ2v) is 4.24. The van der Waals surface area contributed by atoms with Crippen LogP contribution in [-0.2, 0) is 10.9 Å². The maximum absolute atomic E-state index is 12.4. The van der Waals surface area contributed by atoms with Gasteiger partial charge >= 0.3 is 6.18 Å². The van der Waals surface area contributed by atoms with Gasteiger partial charge in [-0.1, -0.05) is 0 Å². The van der Waals surface area contributed by atoms with Crippen molar-refractivity contribution in [2.75, 3.05) is 32.8 Å². The number of rotatable bonds is 3. The van der Waals surface area contributed by atoms with Gasteiger partial charge in [0, 0.05) is 37.6 Å². The van der Waals surface area contributed by atoms with E-state index in [2.05, 4.69) is 14.9 Å². The highest BCUT2D eigenvalue weighted by molar-refractivity contribution is 5.13. The third-order valence-corrected chi connectivity index (χ3v) is 3.02. The third-order valence-electron chi connectivity index (χ3n) is 3.02. The molecule has 0 radical (unpaired) electrons. The Hall–Kier alpha value is -1.25. The van der Waals surface area contributed by atoms with E-state index in [-0.39, 0.29) is 6.04 Å². The Bertz CT molecular complexity index is 403. The highest BCUT2D eigenvalue weighted by Gasteiger charge is 2.34. The second-order valence-electron chi connectivity index (χ2n) is 4.24. The SMILES string of the molecule is NC[C@@H](c1cnc(C(F)(F)F)nc1)N1CCOCC1. The van der Waals surface area contributed by atoms with Gasteiger partial charge in [-0.05, 0) is 0 Å². The van der Waals surface area contributed by atoms with Gasteiger partial charge in [-0.25, -0.2) is 9.97 Å². The van der Waals surface area contributed by atoms with E-state index in [9.17, 15) is 13.2 Å². The van der Waals surface area contributed by atoms with Crippen molar-refractivity contribution in [1.82, 2.24) is 14.9 Å². The quantitative estimate of drug-likeness (QED) is 0.885. The van der Waals surface area contributed by atoms with E-state index in [0.717, 1.165) is 0 Å². The first-order valence-corrected chi connectivity index (χ1v) is 5.93. The van der Waals surface area contributed by atoms with Crippen LogP contribution in [0.4, 0.5) is 13.2 Å². The maximum Gasteiger partial charge on any atom is 0.451 e. The Balaban J connectivity index is 2.14.